The number of benzene rings is 1. The van der Waals surface area contributed by atoms with Crippen LogP contribution in [0.1, 0.15) is 49.8 Å². The molecule has 0 radical (unpaired) electrons. The summed E-state index contributed by atoms with van der Waals surface area (Å²) < 4.78 is 11.4. The van der Waals surface area contributed by atoms with Gasteiger partial charge in [-0.3, -0.25) is 14.3 Å². The van der Waals surface area contributed by atoms with Gasteiger partial charge in [-0.2, -0.15) is 0 Å². The van der Waals surface area contributed by atoms with Gasteiger partial charge in [0.2, 0.25) is 11.8 Å². The Balaban J connectivity index is 1.57. The molecule has 1 aromatic heterocycles. The van der Waals surface area contributed by atoms with Crippen molar-refractivity contribution in [3.63, 3.8) is 0 Å². The fraction of sp³-hybridized carbons (Fsp3) is 0.520. The summed E-state index contributed by atoms with van der Waals surface area (Å²) in [5.41, 5.74) is 2.00. The van der Waals surface area contributed by atoms with Crippen molar-refractivity contribution < 1.29 is 38.9 Å². The molecular weight excluding hydrogens is 498 g/mol. The number of aromatic nitrogens is 3. The highest BCUT2D eigenvalue weighted by Gasteiger charge is 2.09. The molecule has 4 N–H and O–H groups in total. The number of aliphatic carboxylic acids is 1. The monoisotopic (exact) mass is 533 g/mol. The maximum absolute atomic E-state index is 12.1. The molecule has 0 unspecified atom stereocenters. The topological polar surface area (TPSA) is 182 Å². The van der Waals surface area contributed by atoms with E-state index in [1.54, 1.807) is 28.9 Å². The van der Waals surface area contributed by atoms with Crippen molar-refractivity contribution in [1.29, 1.82) is 0 Å². The quantitative estimate of drug-likeness (QED) is 0.150. The Kier molecular flexibility index (Phi) is 14.1. The normalized spacial score (nSPS) is 10.7. The first-order valence-corrected chi connectivity index (χ1v) is 12.5. The predicted octanol–water partition coefficient (Wildman–Crippen LogP) is 1.05. The molecule has 2 aromatic rings. The lowest BCUT2D eigenvalue weighted by Crippen LogP contribution is -2.32. The fourth-order valence-electron chi connectivity index (χ4n) is 3.32. The number of esters is 1. The number of rotatable bonds is 19. The van der Waals surface area contributed by atoms with Gasteiger partial charge in [0.15, 0.2) is 0 Å². The highest BCUT2D eigenvalue weighted by atomic mass is 16.6. The van der Waals surface area contributed by atoms with E-state index < -0.39 is 25.2 Å². The first-order chi connectivity index (χ1) is 18.4. The minimum Gasteiger partial charge on any atom is -0.480 e. The number of carboxylic acid groups (broad SMARTS) is 1. The lowest BCUT2D eigenvalue weighted by Gasteiger charge is -2.08. The van der Waals surface area contributed by atoms with Gasteiger partial charge >= 0.3 is 11.9 Å². The fourth-order valence-corrected chi connectivity index (χ4v) is 3.32. The zero-order valence-electron chi connectivity index (χ0n) is 21.3. The molecule has 0 bridgehead atoms. The number of aliphatic hydroxyl groups excluding tert-OH is 1. The number of unbranched alkanes of at least 4 members (excludes halogenated alkanes) is 3. The number of hydrogen-bond acceptors (Lipinski definition) is 9. The Morgan fingerprint density at radius 3 is 2.45 bits per heavy atom. The zero-order chi connectivity index (χ0) is 27.6. The van der Waals surface area contributed by atoms with Gasteiger partial charge in [0.25, 0.3) is 0 Å². The molecule has 0 fully saturated rings. The molecule has 208 valence electrons. The standard InChI is InChI=1S/C25H35N5O8/c31-13-4-2-1-3-12-30-15-21(28-29-30)6-5-7-22(32)26-14-23(33)27-20-10-8-19(9-11-20)16-38-25(36)18-37-17-24(34)35/h8-11,15,31H,1-7,12-14,16-18H2,(H,26,32)(H,27,33)(H,34,35). The van der Waals surface area contributed by atoms with Crippen LogP contribution in [-0.4, -0.2) is 75.3 Å². The van der Waals surface area contributed by atoms with Gasteiger partial charge in [0.1, 0.15) is 19.8 Å². The van der Waals surface area contributed by atoms with Crippen molar-refractivity contribution in [3.8, 4) is 0 Å². The summed E-state index contributed by atoms with van der Waals surface area (Å²) in [7, 11) is 0. The third-order valence-electron chi connectivity index (χ3n) is 5.25. The van der Waals surface area contributed by atoms with E-state index in [0.29, 0.717) is 24.1 Å². The average molecular weight is 534 g/mol. The summed E-state index contributed by atoms with van der Waals surface area (Å²) in [6.07, 6.45) is 7.14. The van der Waals surface area contributed by atoms with Crippen molar-refractivity contribution in [3.05, 3.63) is 41.7 Å². The Labute approximate surface area is 220 Å². The van der Waals surface area contributed by atoms with Crippen LogP contribution in [-0.2, 0) is 48.2 Å². The van der Waals surface area contributed by atoms with Gasteiger partial charge in [-0.05, 0) is 43.4 Å². The SMILES string of the molecule is O=C(O)COCC(=O)OCc1ccc(NC(=O)CNC(=O)CCCc2cn(CCCCCCO)nn2)cc1. The number of hydrogen-bond donors (Lipinski definition) is 4. The van der Waals surface area contributed by atoms with Crippen molar-refractivity contribution in [1.82, 2.24) is 20.3 Å². The predicted molar refractivity (Wildman–Crippen MR) is 135 cm³/mol. The Morgan fingerprint density at radius 1 is 0.947 bits per heavy atom. The summed E-state index contributed by atoms with van der Waals surface area (Å²) in [5, 5.41) is 30.7. The van der Waals surface area contributed by atoms with E-state index in [-0.39, 0.29) is 38.0 Å². The van der Waals surface area contributed by atoms with Gasteiger partial charge < -0.3 is 30.3 Å². The molecule has 1 aromatic carbocycles. The average Bonchev–Trinajstić information content (AvgIpc) is 3.34. The van der Waals surface area contributed by atoms with Crippen molar-refractivity contribution in [2.75, 3.05) is 31.7 Å². The molecule has 0 spiro atoms. The Hall–Kier alpha value is -3.84. The van der Waals surface area contributed by atoms with Crippen LogP contribution < -0.4 is 10.6 Å². The van der Waals surface area contributed by atoms with Gasteiger partial charge in [0, 0.05) is 31.5 Å². The number of carboxylic acids is 1. The van der Waals surface area contributed by atoms with Crippen molar-refractivity contribution in [2.24, 2.45) is 0 Å². The second-order valence-electron chi connectivity index (χ2n) is 8.53. The van der Waals surface area contributed by atoms with E-state index in [1.165, 1.54) is 0 Å². The molecule has 0 atom stereocenters. The molecule has 13 nitrogen and oxygen atoms in total. The number of carbonyl (C=O) groups excluding carboxylic acids is 3. The number of aryl methyl sites for hydroxylation is 2. The highest BCUT2D eigenvalue weighted by molar-refractivity contribution is 5.94. The summed E-state index contributed by atoms with van der Waals surface area (Å²) in [6.45, 7) is -0.236. The molecule has 2 rings (SSSR count). The van der Waals surface area contributed by atoms with E-state index >= 15 is 0 Å². The van der Waals surface area contributed by atoms with Crippen molar-refractivity contribution in [2.45, 2.75) is 58.1 Å². The van der Waals surface area contributed by atoms with Crippen LogP contribution in [0.4, 0.5) is 5.69 Å². The van der Waals surface area contributed by atoms with E-state index in [1.807, 2.05) is 6.20 Å². The van der Waals surface area contributed by atoms with Crippen LogP contribution in [0.15, 0.2) is 30.5 Å². The molecule has 0 aliphatic heterocycles. The third-order valence-corrected chi connectivity index (χ3v) is 5.25. The number of anilines is 1. The van der Waals surface area contributed by atoms with Crippen LogP contribution in [0.3, 0.4) is 0 Å². The highest BCUT2D eigenvalue weighted by Crippen LogP contribution is 2.10. The first kappa shape index (κ1) is 30.4. The number of aliphatic hydroxyl groups is 1. The third kappa shape index (κ3) is 13.5. The lowest BCUT2D eigenvalue weighted by atomic mass is 10.2. The maximum Gasteiger partial charge on any atom is 0.332 e. The second kappa shape index (κ2) is 17.6. The lowest BCUT2D eigenvalue weighted by molar-refractivity contribution is -0.153. The molecule has 1 heterocycles. The molecule has 0 saturated carbocycles. The molecule has 38 heavy (non-hydrogen) atoms. The van der Waals surface area contributed by atoms with E-state index in [2.05, 4.69) is 25.7 Å². The van der Waals surface area contributed by atoms with Crippen LogP contribution in [0.25, 0.3) is 0 Å². The Morgan fingerprint density at radius 2 is 1.71 bits per heavy atom. The van der Waals surface area contributed by atoms with Gasteiger partial charge in [-0.25, -0.2) is 9.59 Å². The molecule has 0 aliphatic rings. The number of nitrogens with one attached hydrogen (secondary N) is 2. The smallest absolute Gasteiger partial charge is 0.332 e. The number of carbonyl (C=O) groups is 4. The molecule has 13 heteroatoms. The molecule has 0 saturated heterocycles. The van der Waals surface area contributed by atoms with E-state index in [4.69, 9.17) is 14.9 Å². The minimum absolute atomic E-state index is 0.0265. The van der Waals surface area contributed by atoms with Crippen LogP contribution in [0.2, 0.25) is 0 Å². The number of nitrogens with zero attached hydrogens (tertiary/aromatic N) is 3. The van der Waals surface area contributed by atoms with E-state index in [9.17, 15) is 19.2 Å². The van der Waals surface area contributed by atoms with Gasteiger partial charge in [0.05, 0.1) is 12.2 Å². The molecule has 2 amide bonds. The number of amides is 2. The second-order valence-corrected chi connectivity index (χ2v) is 8.53. The zero-order valence-corrected chi connectivity index (χ0v) is 21.3. The summed E-state index contributed by atoms with van der Waals surface area (Å²) in [5.74, 6) is -2.48. The maximum atomic E-state index is 12.1. The molecular formula is C25H35N5O8. The van der Waals surface area contributed by atoms with Crippen LogP contribution >= 0.6 is 0 Å². The minimum atomic E-state index is -1.18. The largest absolute Gasteiger partial charge is 0.480 e. The van der Waals surface area contributed by atoms with Crippen LogP contribution in [0.5, 0.6) is 0 Å². The van der Waals surface area contributed by atoms with Crippen LogP contribution in [0, 0.1) is 0 Å². The first-order valence-electron chi connectivity index (χ1n) is 12.5. The number of ether oxygens (including phenoxy) is 2. The van der Waals surface area contributed by atoms with Gasteiger partial charge in [-0.1, -0.05) is 30.2 Å². The van der Waals surface area contributed by atoms with Crippen molar-refractivity contribution >= 4 is 29.4 Å². The molecule has 0 aliphatic carbocycles. The summed E-state index contributed by atoms with van der Waals surface area (Å²) in [4.78, 5) is 46.0. The Bertz CT molecular complexity index is 1030. The van der Waals surface area contributed by atoms with E-state index in [0.717, 1.165) is 37.9 Å². The summed E-state index contributed by atoms with van der Waals surface area (Å²) >= 11 is 0. The van der Waals surface area contributed by atoms with Gasteiger partial charge in [-0.15, -0.1) is 5.10 Å². The summed E-state index contributed by atoms with van der Waals surface area (Å²) in [6, 6.07) is 6.58.